The van der Waals surface area contributed by atoms with E-state index in [1.807, 2.05) is 0 Å². The molecule has 0 aromatic heterocycles. The number of hydrogen-bond donors (Lipinski definition) is 5. The van der Waals surface area contributed by atoms with Crippen LogP contribution < -0.4 is 5.32 Å². The molecule has 0 aliphatic carbocycles. The van der Waals surface area contributed by atoms with Crippen LogP contribution in [0.25, 0.3) is 0 Å². The first-order valence-electron chi connectivity index (χ1n) is 5.68. The lowest BCUT2D eigenvalue weighted by atomic mass is 9.97. The molecular formula is C9H17N3O7. The van der Waals surface area contributed by atoms with Crippen molar-refractivity contribution in [3.8, 4) is 0 Å². The highest BCUT2D eigenvalue weighted by atomic mass is 16.6. The predicted molar refractivity (Wildman–Crippen MR) is 60.5 cm³/mol. The Labute approximate surface area is 108 Å². The largest absolute Gasteiger partial charge is 0.394 e. The zero-order valence-electron chi connectivity index (χ0n) is 10.2. The number of rotatable bonds is 4. The summed E-state index contributed by atoms with van der Waals surface area (Å²) in [5.41, 5.74) is 0. The first-order valence-corrected chi connectivity index (χ1v) is 5.68. The minimum atomic E-state index is -1.63. The summed E-state index contributed by atoms with van der Waals surface area (Å²) in [5, 5.41) is 42.9. The van der Waals surface area contributed by atoms with Crippen LogP contribution in [0.5, 0.6) is 0 Å². The van der Waals surface area contributed by atoms with E-state index in [4.69, 9.17) is 9.84 Å². The second kappa shape index (κ2) is 6.73. The van der Waals surface area contributed by atoms with Crippen LogP contribution in [0.4, 0.5) is 4.79 Å². The number of hydrogen-bond acceptors (Lipinski definition) is 8. The second-order valence-corrected chi connectivity index (χ2v) is 4.00. The quantitative estimate of drug-likeness (QED) is 0.282. The molecule has 5 N–H and O–H groups in total. The molecule has 5 atom stereocenters. The number of urea groups is 1. The first kappa shape index (κ1) is 15.7. The molecule has 1 rings (SSSR count). The number of aliphatic hydroxyl groups is 4. The lowest BCUT2D eigenvalue weighted by molar-refractivity contribution is -0.252. The third kappa shape index (κ3) is 3.36. The van der Waals surface area contributed by atoms with E-state index in [9.17, 15) is 25.0 Å². The number of amides is 2. The third-order valence-electron chi connectivity index (χ3n) is 2.82. The van der Waals surface area contributed by atoms with E-state index in [1.165, 1.54) is 6.92 Å². The van der Waals surface area contributed by atoms with Gasteiger partial charge in [-0.2, -0.15) is 5.01 Å². The van der Waals surface area contributed by atoms with Crippen LogP contribution in [0, 0.1) is 4.91 Å². The normalized spacial score (nSPS) is 34.7. The highest BCUT2D eigenvalue weighted by Crippen LogP contribution is 2.19. The zero-order chi connectivity index (χ0) is 14.6. The van der Waals surface area contributed by atoms with Crippen molar-refractivity contribution in [2.24, 2.45) is 5.29 Å². The lowest BCUT2D eigenvalue weighted by Crippen LogP contribution is -2.65. The zero-order valence-corrected chi connectivity index (χ0v) is 10.2. The van der Waals surface area contributed by atoms with Crippen LogP contribution in [0.2, 0.25) is 0 Å². The van der Waals surface area contributed by atoms with Crippen molar-refractivity contribution in [1.29, 1.82) is 0 Å². The van der Waals surface area contributed by atoms with Crippen LogP contribution in [-0.4, -0.2) is 75.3 Å². The fourth-order valence-electron chi connectivity index (χ4n) is 1.71. The lowest BCUT2D eigenvalue weighted by Gasteiger charge is -2.40. The van der Waals surface area contributed by atoms with Crippen molar-refractivity contribution >= 4 is 6.03 Å². The summed E-state index contributed by atoms with van der Waals surface area (Å²) in [6, 6.07) is -2.29. The molecule has 0 bridgehead atoms. The van der Waals surface area contributed by atoms with Gasteiger partial charge in [-0.3, -0.25) is 0 Å². The molecule has 1 fully saturated rings. The third-order valence-corrected chi connectivity index (χ3v) is 2.82. The minimum Gasteiger partial charge on any atom is -0.394 e. The first-order chi connectivity index (χ1) is 8.96. The van der Waals surface area contributed by atoms with Gasteiger partial charge in [0, 0.05) is 6.54 Å². The Morgan fingerprint density at radius 1 is 1.37 bits per heavy atom. The number of carbonyl (C=O) groups excluding carboxylic acids is 1. The van der Waals surface area contributed by atoms with Crippen molar-refractivity contribution in [3.63, 3.8) is 0 Å². The van der Waals surface area contributed by atoms with Gasteiger partial charge in [0.05, 0.1) is 11.9 Å². The van der Waals surface area contributed by atoms with Crippen molar-refractivity contribution in [2.45, 2.75) is 37.6 Å². The van der Waals surface area contributed by atoms with Gasteiger partial charge in [0.25, 0.3) is 0 Å². The molecule has 19 heavy (non-hydrogen) atoms. The Bertz CT molecular complexity index is 329. The summed E-state index contributed by atoms with van der Waals surface area (Å²) >= 11 is 0. The molecule has 0 spiro atoms. The molecule has 110 valence electrons. The van der Waals surface area contributed by atoms with Crippen LogP contribution in [-0.2, 0) is 4.74 Å². The Balaban J connectivity index is 2.72. The van der Waals surface area contributed by atoms with Crippen molar-refractivity contribution in [2.75, 3.05) is 13.2 Å². The SMILES string of the molecule is CCN(N=O)C(=O)NC1C(O)OC(CO)C(O)C1O. The van der Waals surface area contributed by atoms with Crippen LogP contribution in [0.3, 0.4) is 0 Å². The van der Waals surface area contributed by atoms with Crippen molar-refractivity contribution < 1.29 is 30.0 Å². The van der Waals surface area contributed by atoms with E-state index < -0.39 is 43.3 Å². The molecule has 1 saturated heterocycles. The monoisotopic (exact) mass is 279 g/mol. The summed E-state index contributed by atoms with van der Waals surface area (Å²) in [6.07, 6.45) is -5.84. The van der Waals surface area contributed by atoms with Crippen LogP contribution in [0.1, 0.15) is 6.92 Å². The fraction of sp³-hybridized carbons (Fsp3) is 0.889. The number of nitroso groups, excluding NO2 is 1. The molecule has 0 saturated carbocycles. The van der Waals surface area contributed by atoms with E-state index in [0.29, 0.717) is 5.01 Å². The summed E-state index contributed by atoms with van der Waals surface area (Å²) in [5.74, 6) is 0. The number of carbonyl (C=O) groups is 1. The van der Waals surface area contributed by atoms with Gasteiger partial charge in [-0.25, -0.2) is 4.79 Å². The molecule has 10 heteroatoms. The standard InChI is InChI=1S/C9H17N3O7/c1-2-12(11-18)9(17)10-5-7(15)6(14)4(3-13)19-8(5)16/h4-8,13-16H,2-3H2,1H3,(H,10,17). The average molecular weight is 279 g/mol. The van der Waals surface area contributed by atoms with E-state index in [-0.39, 0.29) is 6.54 Å². The van der Waals surface area contributed by atoms with Gasteiger partial charge in [-0.1, -0.05) is 0 Å². The van der Waals surface area contributed by atoms with Gasteiger partial charge < -0.3 is 30.5 Å². The number of nitrogens with zero attached hydrogens (tertiary/aromatic N) is 2. The molecule has 2 amide bonds. The second-order valence-electron chi connectivity index (χ2n) is 4.00. The minimum absolute atomic E-state index is 0.00306. The maximum absolute atomic E-state index is 11.5. The Morgan fingerprint density at radius 2 is 2.00 bits per heavy atom. The highest BCUT2D eigenvalue weighted by Gasteiger charge is 2.44. The number of nitrogens with one attached hydrogen (secondary N) is 1. The van der Waals surface area contributed by atoms with Gasteiger partial charge in [-0.15, -0.1) is 4.91 Å². The molecule has 1 aliphatic heterocycles. The topological polar surface area (TPSA) is 152 Å². The maximum atomic E-state index is 11.5. The fourth-order valence-corrected chi connectivity index (χ4v) is 1.71. The van der Waals surface area contributed by atoms with Crippen LogP contribution >= 0.6 is 0 Å². The molecule has 0 aromatic carbocycles. The van der Waals surface area contributed by atoms with E-state index in [0.717, 1.165) is 0 Å². The summed E-state index contributed by atoms with van der Waals surface area (Å²) in [6.45, 7) is 0.895. The Kier molecular flexibility index (Phi) is 5.57. The van der Waals surface area contributed by atoms with Gasteiger partial charge >= 0.3 is 6.03 Å². The smallest absolute Gasteiger partial charge is 0.340 e. The summed E-state index contributed by atoms with van der Waals surface area (Å²) < 4.78 is 4.83. The highest BCUT2D eigenvalue weighted by molar-refractivity contribution is 5.74. The van der Waals surface area contributed by atoms with E-state index in [1.54, 1.807) is 0 Å². The van der Waals surface area contributed by atoms with Crippen molar-refractivity contribution in [1.82, 2.24) is 10.3 Å². The number of aliphatic hydroxyl groups excluding tert-OH is 4. The summed E-state index contributed by atoms with van der Waals surface area (Å²) in [7, 11) is 0. The Hall–Kier alpha value is -1.33. The van der Waals surface area contributed by atoms with Gasteiger partial charge in [0.1, 0.15) is 24.4 Å². The van der Waals surface area contributed by atoms with Crippen LogP contribution in [0.15, 0.2) is 5.29 Å². The molecule has 1 aliphatic rings. The maximum Gasteiger partial charge on any atom is 0.340 e. The number of ether oxygens (including phenoxy) is 1. The average Bonchev–Trinajstić information content (AvgIpc) is 2.40. The molecular weight excluding hydrogens is 262 g/mol. The summed E-state index contributed by atoms with van der Waals surface area (Å²) in [4.78, 5) is 21.9. The van der Waals surface area contributed by atoms with E-state index in [2.05, 4.69) is 10.6 Å². The predicted octanol–water partition coefficient (Wildman–Crippen LogP) is -2.50. The molecule has 10 nitrogen and oxygen atoms in total. The Morgan fingerprint density at radius 3 is 2.47 bits per heavy atom. The molecule has 1 heterocycles. The van der Waals surface area contributed by atoms with Gasteiger partial charge in [-0.05, 0) is 6.92 Å². The molecule has 0 radical (unpaired) electrons. The van der Waals surface area contributed by atoms with Gasteiger partial charge in [0.2, 0.25) is 0 Å². The van der Waals surface area contributed by atoms with E-state index >= 15 is 0 Å². The van der Waals surface area contributed by atoms with Gasteiger partial charge in [0.15, 0.2) is 6.29 Å². The molecule has 0 aromatic rings. The van der Waals surface area contributed by atoms with Crippen molar-refractivity contribution in [3.05, 3.63) is 4.91 Å². The molecule has 5 unspecified atom stereocenters.